The lowest BCUT2D eigenvalue weighted by Crippen LogP contribution is -2.34. The molecule has 18 heavy (non-hydrogen) atoms. The van der Waals surface area contributed by atoms with Gasteiger partial charge < -0.3 is 4.74 Å². The molecule has 0 N–H and O–H groups in total. The van der Waals surface area contributed by atoms with Crippen molar-refractivity contribution in [3.8, 4) is 0 Å². The van der Waals surface area contributed by atoms with Crippen molar-refractivity contribution in [1.82, 2.24) is 14.3 Å². The molecule has 0 bridgehead atoms. The van der Waals surface area contributed by atoms with Gasteiger partial charge in [0.1, 0.15) is 4.90 Å². The van der Waals surface area contributed by atoms with Crippen molar-refractivity contribution in [2.24, 2.45) is 0 Å². The first-order valence-corrected chi connectivity index (χ1v) is 6.91. The zero-order chi connectivity index (χ0) is 13.6. The first kappa shape index (κ1) is 15.0. The molecule has 0 fully saturated rings. The van der Waals surface area contributed by atoms with E-state index in [0.717, 1.165) is 0 Å². The third kappa shape index (κ3) is 3.74. The Morgan fingerprint density at radius 3 is 2.61 bits per heavy atom. The summed E-state index contributed by atoms with van der Waals surface area (Å²) in [6.45, 7) is 4.24. The zero-order valence-electron chi connectivity index (χ0n) is 9.91. The molecule has 6 nitrogen and oxygen atoms in total. The normalized spacial score (nSPS) is 11.7. The van der Waals surface area contributed by atoms with Crippen LogP contribution in [0, 0.1) is 0 Å². The van der Waals surface area contributed by atoms with E-state index in [1.165, 1.54) is 29.9 Å². The van der Waals surface area contributed by atoms with Gasteiger partial charge in [-0.2, -0.15) is 4.31 Å². The Bertz CT molecular complexity index is 490. The zero-order valence-corrected chi connectivity index (χ0v) is 11.5. The number of nitrogens with zero attached hydrogens (tertiary/aromatic N) is 3. The van der Waals surface area contributed by atoms with Gasteiger partial charge in [-0.25, -0.2) is 18.4 Å². The van der Waals surface area contributed by atoms with Crippen molar-refractivity contribution in [1.29, 1.82) is 0 Å². The maximum absolute atomic E-state index is 12.2. The molecule has 1 rings (SSSR count). The fraction of sp³-hybridized carbons (Fsp3) is 0.400. The summed E-state index contributed by atoms with van der Waals surface area (Å²) in [5.74, 6) is 0. The molecule has 1 heterocycles. The molecule has 0 radical (unpaired) electrons. The summed E-state index contributed by atoms with van der Waals surface area (Å²) in [6.07, 6.45) is 3.85. The quantitative estimate of drug-likeness (QED) is 0.552. The molecule has 0 saturated carbocycles. The van der Waals surface area contributed by atoms with Gasteiger partial charge in [-0.3, -0.25) is 0 Å². The second kappa shape index (κ2) is 6.79. The Morgan fingerprint density at radius 1 is 1.50 bits per heavy atom. The standard InChI is InChI=1S/C10H14ClN3O3S/c1-3-4-14(5-6-17-2)18(15,16)9-7-12-10(11)13-8-9/h3,7-8H,1,4-6H2,2H3. The van der Waals surface area contributed by atoms with Crippen molar-refractivity contribution in [2.75, 3.05) is 26.8 Å². The van der Waals surface area contributed by atoms with Gasteiger partial charge >= 0.3 is 0 Å². The molecule has 0 amide bonds. The van der Waals surface area contributed by atoms with Crippen LogP contribution in [-0.4, -0.2) is 49.5 Å². The first-order valence-electron chi connectivity index (χ1n) is 5.10. The lowest BCUT2D eigenvalue weighted by atomic mass is 10.6. The van der Waals surface area contributed by atoms with E-state index < -0.39 is 10.0 Å². The van der Waals surface area contributed by atoms with Crippen LogP contribution in [0.5, 0.6) is 0 Å². The third-order valence-electron chi connectivity index (χ3n) is 2.11. The molecule has 0 unspecified atom stereocenters. The highest BCUT2D eigenvalue weighted by molar-refractivity contribution is 7.89. The van der Waals surface area contributed by atoms with Crippen molar-refractivity contribution in [3.63, 3.8) is 0 Å². The van der Waals surface area contributed by atoms with E-state index in [-0.39, 0.29) is 23.3 Å². The molecule has 1 aromatic heterocycles. The highest BCUT2D eigenvalue weighted by atomic mass is 35.5. The van der Waals surface area contributed by atoms with Crippen LogP contribution in [-0.2, 0) is 14.8 Å². The minimum Gasteiger partial charge on any atom is -0.383 e. The minimum atomic E-state index is -3.65. The van der Waals surface area contributed by atoms with Crippen LogP contribution in [0.3, 0.4) is 0 Å². The smallest absolute Gasteiger partial charge is 0.246 e. The van der Waals surface area contributed by atoms with Gasteiger partial charge in [-0.1, -0.05) is 6.08 Å². The second-order valence-electron chi connectivity index (χ2n) is 3.33. The summed E-state index contributed by atoms with van der Waals surface area (Å²) in [5.41, 5.74) is 0. The van der Waals surface area contributed by atoms with E-state index >= 15 is 0 Å². The molecular formula is C10H14ClN3O3S. The van der Waals surface area contributed by atoms with E-state index in [2.05, 4.69) is 16.5 Å². The number of sulfonamides is 1. The second-order valence-corrected chi connectivity index (χ2v) is 5.61. The van der Waals surface area contributed by atoms with Crippen molar-refractivity contribution >= 4 is 21.6 Å². The lowest BCUT2D eigenvalue weighted by molar-refractivity contribution is 0.182. The fourth-order valence-electron chi connectivity index (χ4n) is 1.23. The number of rotatable bonds is 7. The third-order valence-corrected chi connectivity index (χ3v) is 4.13. The summed E-state index contributed by atoms with van der Waals surface area (Å²) >= 11 is 5.52. The van der Waals surface area contributed by atoms with Gasteiger partial charge in [0, 0.05) is 20.2 Å². The number of aromatic nitrogens is 2. The van der Waals surface area contributed by atoms with Gasteiger partial charge in [-0.05, 0) is 11.6 Å². The number of hydrogen-bond acceptors (Lipinski definition) is 5. The summed E-state index contributed by atoms with van der Waals surface area (Å²) in [4.78, 5) is 7.31. The largest absolute Gasteiger partial charge is 0.383 e. The SMILES string of the molecule is C=CCN(CCOC)S(=O)(=O)c1cnc(Cl)nc1. The molecule has 0 saturated heterocycles. The van der Waals surface area contributed by atoms with E-state index in [4.69, 9.17) is 16.3 Å². The van der Waals surface area contributed by atoms with Crippen molar-refractivity contribution in [2.45, 2.75) is 4.90 Å². The van der Waals surface area contributed by atoms with Crippen LogP contribution in [0.1, 0.15) is 0 Å². The Balaban J connectivity index is 3.00. The Labute approximate surface area is 111 Å². The number of methoxy groups -OCH3 is 1. The predicted molar refractivity (Wildman–Crippen MR) is 67.9 cm³/mol. The molecule has 8 heteroatoms. The van der Waals surface area contributed by atoms with Crippen molar-refractivity contribution in [3.05, 3.63) is 30.3 Å². The Hall–Kier alpha value is -1.02. The molecule has 0 spiro atoms. The Morgan fingerprint density at radius 2 is 2.11 bits per heavy atom. The maximum Gasteiger partial charge on any atom is 0.246 e. The van der Waals surface area contributed by atoms with E-state index in [1.807, 2.05) is 0 Å². The highest BCUT2D eigenvalue weighted by Gasteiger charge is 2.23. The average molecular weight is 292 g/mol. The monoisotopic (exact) mass is 291 g/mol. The molecule has 0 atom stereocenters. The molecule has 100 valence electrons. The van der Waals surface area contributed by atoms with Gasteiger partial charge in [0.2, 0.25) is 15.3 Å². The van der Waals surface area contributed by atoms with E-state index in [0.29, 0.717) is 6.61 Å². The predicted octanol–water partition coefficient (Wildman–Crippen LogP) is 0.953. The van der Waals surface area contributed by atoms with Crippen molar-refractivity contribution < 1.29 is 13.2 Å². The molecule has 0 aliphatic carbocycles. The number of halogens is 1. The van der Waals surface area contributed by atoms with Gasteiger partial charge in [0.05, 0.1) is 19.0 Å². The first-order chi connectivity index (χ1) is 8.52. The summed E-state index contributed by atoms with van der Waals surface area (Å²) in [5, 5.41) is 0.00103. The molecule has 0 aliphatic rings. The lowest BCUT2D eigenvalue weighted by Gasteiger charge is -2.19. The van der Waals surface area contributed by atoms with E-state index in [1.54, 1.807) is 0 Å². The van der Waals surface area contributed by atoms with E-state index in [9.17, 15) is 8.42 Å². The Kier molecular flexibility index (Phi) is 5.67. The van der Waals surface area contributed by atoms with Crippen LogP contribution >= 0.6 is 11.6 Å². The minimum absolute atomic E-state index is 0.00103. The van der Waals surface area contributed by atoms with Crippen LogP contribution in [0.2, 0.25) is 5.28 Å². The van der Waals surface area contributed by atoms with Gasteiger partial charge in [0.25, 0.3) is 0 Å². The molecular weight excluding hydrogens is 278 g/mol. The number of ether oxygens (including phenoxy) is 1. The molecule has 0 aromatic carbocycles. The van der Waals surface area contributed by atoms with Gasteiger partial charge in [-0.15, -0.1) is 6.58 Å². The topological polar surface area (TPSA) is 72.4 Å². The molecule has 1 aromatic rings. The highest BCUT2D eigenvalue weighted by Crippen LogP contribution is 2.14. The van der Waals surface area contributed by atoms with Crippen LogP contribution < -0.4 is 0 Å². The molecule has 0 aliphatic heterocycles. The fourth-order valence-corrected chi connectivity index (χ4v) is 2.61. The summed E-state index contributed by atoms with van der Waals surface area (Å²) in [7, 11) is -2.15. The summed E-state index contributed by atoms with van der Waals surface area (Å²) < 4.78 is 30.6. The summed E-state index contributed by atoms with van der Waals surface area (Å²) in [6, 6.07) is 0. The van der Waals surface area contributed by atoms with Gasteiger partial charge in [0.15, 0.2) is 0 Å². The van der Waals surface area contributed by atoms with Crippen LogP contribution in [0.15, 0.2) is 29.9 Å². The van der Waals surface area contributed by atoms with Crippen LogP contribution in [0.25, 0.3) is 0 Å². The maximum atomic E-state index is 12.2. The average Bonchev–Trinajstić information content (AvgIpc) is 2.35. The number of hydrogen-bond donors (Lipinski definition) is 0. The van der Waals surface area contributed by atoms with Crippen LogP contribution in [0.4, 0.5) is 0 Å².